The third-order valence-electron chi connectivity index (χ3n) is 4.55. The first-order valence-electron chi connectivity index (χ1n) is 8.90. The molecule has 1 amide bonds. The number of hydrogen-bond donors (Lipinski definition) is 4. The zero-order valence-electron chi connectivity index (χ0n) is 15.1. The predicted octanol–water partition coefficient (Wildman–Crippen LogP) is 2.72. The monoisotopic (exact) mass is 372 g/mol. The highest BCUT2D eigenvalue weighted by atomic mass is 16.2. The number of para-hydroxylation sites is 1. The Balaban J connectivity index is 1.48. The Labute approximate surface area is 161 Å². The summed E-state index contributed by atoms with van der Waals surface area (Å²) in [5.41, 5.74) is 16.0. The molecule has 0 aliphatic rings. The van der Waals surface area contributed by atoms with Crippen molar-refractivity contribution in [3.63, 3.8) is 0 Å². The van der Waals surface area contributed by atoms with Crippen molar-refractivity contribution < 1.29 is 4.79 Å². The number of amides is 1. The SMILES string of the molecule is Nc1nccc(-c2cccc(NC(=O)C(N)Cc3c[nH]c4ccccc34)c2)n1. The van der Waals surface area contributed by atoms with Crippen molar-refractivity contribution in [2.75, 3.05) is 11.1 Å². The molecule has 0 bridgehead atoms. The van der Waals surface area contributed by atoms with Crippen LogP contribution in [0.3, 0.4) is 0 Å². The molecule has 2 heterocycles. The first-order chi connectivity index (χ1) is 13.6. The van der Waals surface area contributed by atoms with Gasteiger partial charge in [-0.25, -0.2) is 9.97 Å². The number of carbonyl (C=O) groups excluding carboxylic acids is 1. The molecular weight excluding hydrogens is 352 g/mol. The van der Waals surface area contributed by atoms with Crippen LogP contribution in [0.4, 0.5) is 11.6 Å². The number of nitrogens with two attached hydrogens (primary N) is 2. The number of anilines is 2. The number of fused-ring (bicyclic) bond motifs is 1. The third kappa shape index (κ3) is 3.70. The number of aromatic amines is 1. The van der Waals surface area contributed by atoms with Gasteiger partial charge in [0.1, 0.15) is 0 Å². The van der Waals surface area contributed by atoms with E-state index in [-0.39, 0.29) is 11.9 Å². The molecule has 0 radical (unpaired) electrons. The maximum atomic E-state index is 12.6. The third-order valence-corrected chi connectivity index (χ3v) is 4.55. The lowest BCUT2D eigenvalue weighted by atomic mass is 10.0. The minimum absolute atomic E-state index is 0.202. The molecule has 7 nitrogen and oxygen atoms in total. The van der Waals surface area contributed by atoms with Gasteiger partial charge in [0, 0.05) is 34.5 Å². The normalized spacial score (nSPS) is 12.0. The average molecular weight is 372 g/mol. The van der Waals surface area contributed by atoms with Crippen LogP contribution < -0.4 is 16.8 Å². The van der Waals surface area contributed by atoms with E-state index in [0.717, 1.165) is 22.0 Å². The molecule has 0 saturated carbocycles. The largest absolute Gasteiger partial charge is 0.368 e. The van der Waals surface area contributed by atoms with Gasteiger partial charge in [-0.15, -0.1) is 0 Å². The fraction of sp³-hybridized carbons (Fsp3) is 0.0952. The second-order valence-corrected chi connectivity index (χ2v) is 6.54. The van der Waals surface area contributed by atoms with Gasteiger partial charge in [-0.1, -0.05) is 30.3 Å². The van der Waals surface area contributed by atoms with Gasteiger partial charge < -0.3 is 21.8 Å². The van der Waals surface area contributed by atoms with E-state index in [1.54, 1.807) is 12.3 Å². The standard InChI is InChI=1S/C21H20N6O/c22-17(11-14-12-25-19-7-2-1-6-16(14)19)20(28)26-15-5-3-4-13(10-15)18-8-9-24-21(23)27-18/h1-10,12,17,25H,11,22H2,(H,26,28)(H2,23,24,27). The molecule has 4 rings (SSSR count). The maximum Gasteiger partial charge on any atom is 0.241 e. The number of aromatic nitrogens is 3. The van der Waals surface area contributed by atoms with Crippen molar-refractivity contribution in [2.45, 2.75) is 12.5 Å². The van der Waals surface area contributed by atoms with Crippen LogP contribution in [0, 0.1) is 0 Å². The van der Waals surface area contributed by atoms with Gasteiger partial charge in [0.2, 0.25) is 11.9 Å². The second kappa shape index (κ2) is 7.50. The van der Waals surface area contributed by atoms with Gasteiger partial charge in [-0.3, -0.25) is 4.79 Å². The van der Waals surface area contributed by atoms with Crippen molar-refractivity contribution in [1.82, 2.24) is 15.0 Å². The van der Waals surface area contributed by atoms with Crippen LogP contribution in [0.15, 0.2) is 67.0 Å². The van der Waals surface area contributed by atoms with Crippen LogP contribution in [0.2, 0.25) is 0 Å². The summed E-state index contributed by atoms with van der Waals surface area (Å²) in [6.07, 6.45) is 3.94. The lowest BCUT2D eigenvalue weighted by molar-refractivity contribution is -0.117. The van der Waals surface area contributed by atoms with E-state index in [1.165, 1.54) is 0 Å². The lowest BCUT2D eigenvalue weighted by Gasteiger charge is -2.13. The minimum Gasteiger partial charge on any atom is -0.368 e. The molecule has 0 fully saturated rings. The number of rotatable bonds is 5. The summed E-state index contributed by atoms with van der Waals surface area (Å²) < 4.78 is 0. The molecule has 1 unspecified atom stereocenters. The number of carbonyl (C=O) groups is 1. The number of nitrogens with one attached hydrogen (secondary N) is 2. The quantitative estimate of drug-likeness (QED) is 0.429. The molecule has 6 N–H and O–H groups in total. The first kappa shape index (κ1) is 17.7. The smallest absolute Gasteiger partial charge is 0.241 e. The van der Waals surface area contributed by atoms with E-state index in [9.17, 15) is 4.79 Å². The summed E-state index contributed by atoms with van der Waals surface area (Å²) in [5, 5.41) is 3.96. The van der Waals surface area contributed by atoms with Crippen molar-refractivity contribution in [3.05, 3.63) is 72.6 Å². The molecule has 0 aliphatic heterocycles. The van der Waals surface area contributed by atoms with Gasteiger partial charge in [0.05, 0.1) is 11.7 Å². The number of H-pyrrole nitrogens is 1. The van der Waals surface area contributed by atoms with E-state index in [0.29, 0.717) is 17.8 Å². The Morgan fingerprint density at radius 3 is 2.86 bits per heavy atom. The fourth-order valence-corrected chi connectivity index (χ4v) is 3.16. The second-order valence-electron chi connectivity index (χ2n) is 6.54. The molecule has 0 aliphatic carbocycles. The number of nitrogens with zero attached hydrogens (tertiary/aromatic N) is 2. The van der Waals surface area contributed by atoms with E-state index in [4.69, 9.17) is 11.5 Å². The molecule has 140 valence electrons. The average Bonchev–Trinajstić information content (AvgIpc) is 3.11. The van der Waals surface area contributed by atoms with E-state index >= 15 is 0 Å². The van der Waals surface area contributed by atoms with Crippen LogP contribution in [-0.4, -0.2) is 26.9 Å². The summed E-state index contributed by atoms with van der Waals surface area (Å²) in [4.78, 5) is 23.9. The zero-order valence-corrected chi connectivity index (χ0v) is 15.1. The first-order valence-corrected chi connectivity index (χ1v) is 8.90. The highest BCUT2D eigenvalue weighted by molar-refractivity contribution is 5.96. The molecule has 28 heavy (non-hydrogen) atoms. The molecule has 4 aromatic rings. The van der Waals surface area contributed by atoms with Crippen molar-refractivity contribution in [2.24, 2.45) is 5.73 Å². The maximum absolute atomic E-state index is 12.6. The van der Waals surface area contributed by atoms with E-state index in [2.05, 4.69) is 20.3 Å². The van der Waals surface area contributed by atoms with Gasteiger partial charge in [-0.2, -0.15) is 0 Å². The van der Waals surface area contributed by atoms with Crippen molar-refractivity contribution in [1.29, 1.82) is 0 Å². The van der Waals surface area contributed by atoms with Crippen LogP contribution in [0.25, 0.3) is 22.2 Å². The lowest BCUT2D eigenvalue weighted by Crippen LogP contribution is -2.37. The number of nitrogen functional groups attached to an aromatic ring is 1. The number of benzene rings is 2. The molecule has 0 saturated heterocycles. The topological polar surface area (TPSA) is 123 Å². The Morgan fingerprint density at radius 1 is 1.14 bits per heavy atom. The molecule has 7 heteroatoms. The van der Waals surface area contributed by atoms with Crippen LogP contribution in [0.1, 0.15) is 5.56 Å². The summed E-state index contributed by atoms with van der Waals surface area (Å²) in [6.45, 7) is 0. The number of hydrogen-bond acceptors (Lipinski definition) is 5. The molecular formula is C21H20N6O. The summed E-state index contributed by atoms with van der Waals surface area (Å²) in [6, 6.07) is 16.4. The van der Waals surface area contributed by atoms with Gasteiger partial charge in [0.15, 0.2) is 0 Å². The summed E-state index contributed by atoms with van der Waals surface area (Å²) >= 11 is 0. The Bertz CT molecular complexity index is 1140. The van der Waals surface area contributed by atoms with Crippen molar-refractivity contribution >= 4 is 28.4 Å². The molecule has 1 atom stereocenters. The van der Waals surface area contributed by atoms with Crippen LogP contribution >= 0.6 is 0 Å². The Hall–Kier alpha value is -3.71. The molecule has 0 spiro atoms. The fourth-order valence-electron chi connectivity index (χ4n) is 3.16. The van der Waals surface area contributed by atoms with Gasteiger partial charge in [0.25, 0.3) is 0 Å². The molecule has 2 aromatic heterocycles. The van der Waals surface area contributed by atoms with Crippen molar-refractivity contribution in [3.8, 4) is 11.3 Å². The van der Waals surface area contributed by atoms with Gasteiger partial charge >= 0.3 is 0 Å². The summed E-state index contributed by atoms with van der Waals surface area (Å²) in [5.74, 6) is -0.0441. The predicted molar refractivity (Wildman–Crippen MR) is 110 cm³/mol. The van der Waals surface area contributed by atoms with Crippen LogP contribution in [0.5, 0.6) is 0 Å². The van der Waals surface area contributed by atoms with Crippen LogP contribution in [-0.2, 0) is 11.2 Å². The van der Waals surface area contributed by atoms with Gasteiger partial charge in [-0.05, 0) is 36.2 Å². The highest BCUT2D eigenvalue weighted by Crippen LogP contribution is 2.22. The minimum atomic E-state index is -0.669. The highest BCUT2D eigenvalue weighted by Gasteiger charge is 2.16. The van der Waals surface area contributed by atoms with E-state index < -0.39 is 6.04 Å². The Morgan fingerprint density at radius 2 is 2.00 bits per heavy atom. The molecule has 2 aromatic carbocycles. The Kier molecular flexibility index (Phi) is 4.74. The zero-order chi connectivity index (χ0) is 19.5. The summed E-state index contributed by atoms with van der Waals surface area (Å²) in [7, 11) is 0. The van der Waals surface area contributed by atoms with E-state index in [1.807, 2.05) is 54.7 Å².